The van der Waals surface area contributed by atoms with Gasteiger partial charge in [-0.25, -0.2) is 4.98 Å². The second kappa shape index (κ2) is 6.05. The summed E-state index contributed by atoms with van der Waals surface area (Å²) in [5.41, 5.74) is 0. The van der Waals surface area contributed by atoms with Gasteiger partial charge in [-0.3, -0.25) is 0 Å². The van der Waals surface area contributed by atoms with Crippen LogP contribution in [0.25, 0.3) is 0 Å². The van der Waals surface area contributed by atoms with Crippen molar-refractivity contribution in [3.05, 3.63) is 41.7 Å². The van der Waals surface area contributed by atoms with Gasteiger partial charge in [-0.2, -0.15) is 5.10 Å². The van der Waals surface area contributed by atoms with Crippen molar-refractivity contribution >= 4 is 23.2 Å². The van der Waals surface area contributed by atoms with Crippen molar-refractivity contribution in [1.29, 1.82) is 0 Å². The highest BCUT2D eigenvalue weighted by Crippen LogP contribution is 2.20. The van der Waals surface area contributed by atoms with Crippen molar-refractivity contribution < 1.29 is 0 Å². The zero-order valence-electron chi connectivity index (χ0n) is 11.0. The van der Waals surface area contributed by atoms with Gasteiger partial charge in [0.25, 0.3) is 0 Å². The molecule has 3 rings (SSSR count). The first-order chi connectivity index (χ1) is 9.81. The van der Waals surface area contributed by atoms with E-state index in [2.05, 4.69) is 25.4 Å². The van der Waals surface area contributed by atoms with Crippen molar-refractivity contribution in [2.45, 2.75) is 18.9 Å². The maximum absolute atomic E-state index is 5.96. The molecule has 1 aliphatic rings. The van der Waals surface area contributed by atoms with Gasteiger partial charge in [-0.15, -0.1) is 5.10 Å². The van der Waals surface area contributed by atoms with Gasteiger partial charge in [0.05, 0.1) is 0 Å². The first-order valence-corrected chi connectivity index (χ1v) is 7.10. The molecular weight excluding hydrogens is 274 g/mol. The Kier molecular flexibility index (Phi) is 3.97. The predicted molar refractivity (Wildman–Crippen MR) is 80.1 cm³/mol. The van der Waals surface area contributed by atoms with E-state index < -0.39 is 0 Å². The average molecular weight is 290 g/mol. The van der Waals surface area contributed by atoms with Gasteiger partial charge in [-0.05, 0) is 37.1 Å². The molecule has 1 fully saturated rings. The summed E-state index contributed by atoms with van der Waals surface area (Å²) in [6, 6.07) is 7.98. The lowest BCUT2D eigenvalue weighted by atomic mass is 10.1. The molecule has 0 atom stereocenters. The van der Waals surface area contributed by atoms with E-state index in [1.807, 2.05) is 18.2 Å². The van der Waals surface area contributed by atoms with Gasteiger partial charge in [0.2, 0.25) is 0 Å². The monoisotopic (exact) mass is 289 g/mol. The molecule has 0 saturated carbocycles. The number of anilines is 2. The Morgan fingerprint density at radius 1 is 1.20 bits per heavy atom. The summed E-state index contributed by atoms with van der Waals surface area (Å²) in [6.07, 6.45) is 5.51. The van der Waals surface area contributed by atoms with Crippen LogP contribution in [0.2, 0.25) is 5.02 Å². The van der Waals surface area contributed by atoms with E-state index in [0.717, 1.165) is 37.6 Å². The van der Waals surface area contributed by atoms with Gasteiger partial charge in [-0.1, -0.05) is 11.6 Å². The Labute approximate surface area is 123 Å². The second-order valence-corrected chi connectivity index (χ2v) is 5.28. The van der Waals surface area contributed by atoms with E-state index in [4.69, 9.17) is 11.6 Å². The van der Waals surface area contributed by atoms with E-state index in [-0.39, 0.29) is 0 Å². The second-order valence-electron chi connectivity index (χ2n) is 4.85. The largest absolute Gasteiger partial charge is 0.367 e. The fourth-order valence-corrected chi connectivity index (χ4v) is 2.57. The van der Waals surface area contributed by atoms with Crippen LogP contribution in [-0.2, 0) is 0 Å². The fraction of sp³-hybridized carbons (Fsp3) is 0.357. The Hall–Kier alpha value is -1.88. The lowest BCUT2D eigenvalue weighted by Crippen LogP contribution is -2.39. The minimum Gasteiger partial charge on any atom is -0.367 e. The maximum atomic E-state index is 5.96. The molecule has 0 radical (unpaired) electrons. The van der Waals surface area contributed by atoms with Crippen LogP contribution in [0.1, 0.15) is 12.8 Å². The number of nitrogens with one attached hydrogen (secondary N) is 1. The van der Waals surface area contributed by atoms with Crippen molar-refractivity contribution in [3.63, 3.8) is 0 Å². The van der Waals surface area contributed by atoms with E-state index in [1.165, 1.54) is 0 Å². The highest BCUT2D eigenvalue weighted by atomic mass is 35.5. The molecule has 6 heteroatoms. The van der Waals surface area contributed by atoms with Gasteiger partial charge < -0.3 is 10.2 Å². The molecule has 0 aliphatic carbocycles. The lowest BCUT2D eigenvalue weighted by molar-refractivity contribution is 0.521. The molecule has 1 saturated heterocycles. The molecule has 2 aromatic rings. The lowest BCUT2D eigenvalue weighted by Gasteiger charge is -2.33. The summed E-state index contributed by atoms with van der Waals surface area (Å²) in [4.78, 5) is 6.54. The van der Waals surface area contributed by atoms with Crippen LogP contribution < -0.4 is 10.2 Å². The third kappa shape index (κ3) is 3.17. The molecule has 5 nitrogen and oxygen atoms in total. The van der Waals surface area contributed by atoms with Crippen molar-refractivity contribution in [2.75, 3.05) is 23.3 Å². The number of piperidine rings is 1. The predicted octanol–water partition coefficient (Wildman–Crippen LogP) is 2.61. The number of pyridine rings is 1. The summed E-state index contributed by atoms with van der Waals surface area (Å²) < 4.78 is 0. The van der Waals surface area contributed by atoms with E-state index in [1.54, 1.807) is 18.5 Å². The molecule has 0 amide bonds. The number of aromatic nitrogens is 3. The van der Waals surface area contributed by atoms with Crippen LogP contribution in [0.3, 0.4) is 0 Å². The smallest absolute Gasteiger partial charge is 0.151 e. The molecule has 104 valence electrons. The average Bonchev–Trinajstić information content (AvgIpc) is 2.49. The highest BCUT2D eigenvalue weighted by molar-refractivity contribution is 6.30. The SMILES string of the molecule is Clc1ccnc(NC2CCN(c3cccnn3)CC2)c1. The zero-order chi connectivity index (χ0) is 13.8. The highest BCUT2D eigenvalue weighted by Gasteiger charge is 2.20. The molecule has 1 N–H and O–H groups in total. The Morgan fingerprint density at radius 3 is 2.75 bits per heavy atom. The quantitative estimate of drug-likeness (QED) is 0.941. The summed E-state index contributed by atoms with van der Waals surface area (Å²) in [5, 5.41) is 12.2. The van der Waals surface area contributed by atoms with Crippen LogP contribution in [-0.4, -0.2) is 34.3 Å². The van der Waals surface area contributed by atoms with Crippen molar-refractivity contribution in [3.8, 4) is 0 Å². The first kappa shape index (κ1) is 13.1. The van der Waals surface area contributed by atoms with E-state index >= 15 is 0 Å². The number of halogens is 1. The molecule has 0 bridgehead atoms. The molecule has 2 aromatic heterocycles. The Bertz CT molecular complexity index is 555. The number of rotatable bonds is 3. The van der Waals surface area contributed by atoms with Gasteiger partial charge in [0, 0.05) is 36.5 Å². The minimum atomic E-state index is 0.425. The third-order valence-corrected chi connectivity index (χ3v) is 3.69. The molecule has 3 heterocycles. The standard InChI is InChI=1S/C14H16ClN5/c15-11-3-7-16-13(10-11)18-12-4-8-20(9-5-12)14-2-1-6-17-19-14/h1-3,6-7,10,12H,4-5,8-9H2,(H,16,18). The fourth-order valence-electron chi connectivity index (χ4n) is 2.41. The summed E-state index contributed by atoms with van der Waals surface area (Å²) in [5.74, 6) is 1.79. The first-order valence-electron chi connectivity index (χ1n) is 6.72. The third-order valence-electron chi connectivity index (χ3n) is 3.45. The summed E-state index contributed by atoms with van der Waals surface area (Å²) in [6.45, 7) is 1.94. The van der Waals surface area contributed by atoms with Crippen LogP contribution in [0.15, 0.2) is 36.7 Å². The number of hydrogen-bond donors (Lipinski definition) is 1. The zero-order valence-corrected chi connectivity index (χ0v) is 11.8. The normalized spacial score (nSPS) is 16.1. The van der Waals surface area contributed by atoms with Crippen LogP contribution >= 0.6 is 11.6 Å². The van der Waals surface area contributed by atoms with Crippen molar-refractivity contribution in [1.82, 2.24) is 15.2 Å². The summed E-state index contributed by atoms with van der Waals surface area (Å²) >= 11 is 5.96. The van der Waals surface area contributed by atoms with Crippen LogP contribution in [0.4, 0.5) is 11.6 Å². The minimum absolute atomic E-state index is 0.425. The van der Waals surface area contributed by atoms with Gasteiger partial charge in [0.15, 0.2) is 5.82 Å². The number of nitrogens with zero attached hydrogens (tertiary/aromatic N) is 4. The topological polar surface area (TPSA) is 53.9 Å². The molecular formula is C14H16ClN5. The van der Waals surface area contributed by atoms with E-state index in [0.29, 0.717) is 11.1 Å². The number of hydrogen-bond acceptors (Lipinski definition) is 5. The molecule has 1 aliphatic heterocycles. The molecule has 0 unspecified atom stereocenters. The van der Waals surface area contributed by atoms with E-state index in [9.17, 15) is 0 Å². The van der Waals surface area contributed by atoms with Gasteiger partial charge >= 0.3 is 0 Å². The molecule has 0 spiro atoms. The maximum Gasteiger partial charge on any atom is 0.151 e. The molecule has 0 aromatic carbocycles. The molecule has 20 heavy (non-hydrogen) atoms. The Morgan fingerprint density at radius 2 is 2.05 bits per heavy atom. The van der Waals surface area contributed by atoms with Crippen LogP contribution in [0, 0.1) is 0 Å². The Balaban J connectivity index is 1.56. The van der Waals surface area contributed by atoms with Crippen LogP contribution in [0.5, 0.6) is 0 Å². The summed E-state index contributed by atoms with van der Waals surface area (Å²) in [7, 11) is 0. The van der Waals surface area contributed by atoms with Gasteiger partial charge in [0.1, 0.15) is 5.82 Å². The van der Waals surface area contributed by atoms with Crippen molar-refractivity contribution in [2.24, 2.45) is 0 Å².